The summed E-state index contributed by atoms with van der Waals surface area (Å²) in [6, 6.07) is 21.2. The molecule has 88 valence electrons. The quantitative estimate of drug-likeness (QED) is 0.717. The zero-order valence-electron chi connectivity index (χ0n) is 9.99. The summed E-state index contributed by atoms with van der Waals surface area (Å²) in [7, 11) is 0. The molecule has 1 aliphatic heterocycles. The molecule has 1 heteroatoms. The van der Waals surface area contributed by atoms with E-state index in [1.54, 1.807) is 0 Å². The Morgan fingerprint density at radius 1 is 0.778 bits per heavy atom. The maximum Gasteiger partial charge on any atom is 0.0527 e. The molecule has 0 fully saturated rings. The zero-order valence-corrected chi connectivity index (χ0v) is 10.8. The average molecular weight is 250 g/mol. The van der Waals surface area contributed by atoms with Crippen LogP contribution in [0.5, 0.6) is 0 Å². The fourth-order valence-corrected chi connectivity index (χ4v) is 3.21. The standard InChI is InChI=1S/C17H14S/c1-3-8-14(9-4-1)16-12-7-13-17(18-16)15-10-5-2-6-11-15/h1-13,16H. The van der Waals surface area contributed by atoms with Crippen LogP contribution in [0.25, 0.3) is 4.91 Å². The van der Waals surface area contributed by atoms with Crippen LogP contribution in [-0.4, -0.2) is 0 Å². The second-order valence-corrected chi connectivity index (χ2v) is 5.41. The highest BCUT2D eigenvalue weighted by molar-refractivity contribution is 8.08. The summed E-state index contributed by atoms with van der Waals surface area (Å²) >= 11 is 1.91. The van der Waals surface area contributed by atoms with E-state index >= 15 is 0 Å². The van der Waals surface area contributed by atoms with E-state index in [0.717, 1.165) is 0 Å². The zero-order chi connectivity index (χ0) is 12.2. The molecule has 0 radical (unpaired) electrons. The molecule has 0 aromatic heterocycles. The van der Waals surface area contributed by atoms with E-state index < -0.39 is 0 Å². The number of thioether (sulfide) groups is 1. The van der Waals surface area contributed by atoms with E-state index in [-0.39, 0.29) is 0 Å². The smallest absolute Gasteiger partial charge is 0.0527 e. The summed E-state index contributed by atoms with van der Waals surface area (Å²) in [5.41, 5.74) is 2.66. The van der Waals surface area contributed by atoms with E-state index in [2.05, 4.69) is 78.9 Å². The fraction of sp³-hybridized carbons (Fsp3) is 0.0588. The molecule has 1 heterocycles. The van der Waals surface area contributed by atoms with Crippen LogP contribution in [0.2, 0.25) is 0 Å². The van der Waals surface area contributed by atoms with E-state index in [1.807, 2.05) is 11.8 Å². The molecule has 0 amide bonds. The third-order valence-electron chi connectivity index (χ3n) is 2.97. The first kappa shape index (κ1) is 11.4. The highest BCUT2D eigenvalue weighted by Gasteiger charge is 2.14. The van der Waals surface area contributed by atoms with Crippen molar-refractivity contribution in [1.29, 1.82) is 0 Å². The van der Waals surface area contributed by atoms with Crippen molar-refractivity contribution in [2.45, 2.75) is 5.25 Å². The van der Waals surface area contributed by atoms with Crippen LogP contribution in [0.15, 0.2) is 78.9 Å². The van der Waals surface area contributed by atoms with E-state index in [4.69, 9.17) is 0 Å². The van der Waals surface area contributed by atoms with Crippen molar-refractivity contribution in [1.82, 2.24) is 0 Å². The summed E-state index contributed by atoms with van der Waals surface area (Å²) < 4.78 is 0. The van der Waals surface area contributed by atoms with Crippen LogP contribution in [0.3, 0.4) is 0 Å². The minimum absolute atomic E-state index is 0.423. The summed E-state index contributed by atoms with van der Waals surface area (Å²) in [5, 5.41) is 0.423. The Labute approximate surface area is 112 Å². The van der Waals surface area contributed by atoms with Gasteiger partial charge in [0.25, 0.3) is 0 Å². The van der Waals surface area contributed by atoms with Crippen LogP contribution in [-0.2, 0) is 0 Å². The molecule has 0 bridgehead atoms. The number of allylic oxidation sites excluding steroid dienone is 2. The molecule has 1 unspecified atom stereocenters. The second-order valence-electron chi connectivity index (χ2n) is 4.23. The molecule has 3 rings (SSSR count). The molecule has 1 atom stereocenters. The first-order valence-electron chi connectivity index (χ1n) is 6.09. The monoisotopic (exact) mass is 250 g/mol. The largest absolute Gasteiger partial charge is 0.113 e. The van der Waals surface area contributed by atoms with Crippen LogP contribution < -0.4 is 0 Å². The van der Waals surface area contributed by atoms with Crippen molar-refractivity contribution in [2.24, 2.45) is 0 Å². The predicted molar refractivity (Wildman–Crippen MR) is 80.3 cm³/mol. The van der Waals surface area contributed by atoms with Crippen molar-refractivity contribution in [3.8, 4) is 0 Å². The predicted octanol–water partition coefficient (Wildman–Crippen LogP) is 5.07. The lowest BCUT2D eigenvalue weighted by Gasteiger charge is -2.18. The maximum atomic E-state index is 2.26. The van der Waals surface area contributed by atoms with Gasteiger partial charge in [-0.05, 0) is 17.2 Å². The Hall–Kier alpha value is -1.73. The molecule has 0 N–H and O–H groups in total. The molecule has 2 aromatic carbocycles. The Kier molecular flexibility index (Phi) is 3.33. The Morgan fingerprint density at radius 2 is 1.44 bits per heavy atom. The van der Waals surface area contributed by atoms with Crippen molar-refractivity contribution in [3.05, 3.63) is 90.0 Å². The van der Waals surface area contributed by atoms with Gasteiger partial charge in [-0.15, -0.1) is 11.8 Å². The number of rotatable bonds is 2. The Balaban J connectivity index is 1.85. The van der Waals surface area contributed by atoms with Crippen molar-refractivity contribution in [2.75, 3.05) is 0 Å². The average Bonchev–Trinajstić information content (AvgIpc) is 2.49. The third kappa shape index (κ3) is 2.41. The van der Waals surface area contributed by atoms with E-state index in [1.165, 1.54) is 16.0 Å². The van der Waals surface area contributed by atoms with Crippen molar-refractivity contribution in [3.63, 3.8) is 0 Å². The topological polar surface area (TPSA) is 0 Å². The first-order valence-corrected chi connectivity index (χ1v) is 6.97. The summed E-state index contributed by atoms with van der Waals surface area (Å²) in [6.45, 7) is 0. The molecule has 0 nitrogen and oxygen atoms in total. The van der Waals surface area contributed by atoms with Crippen molar-refractivity contribution < 1.29 is 0 Å². The van der Waals surface area contributed by atoms with E-state index in [0.29, 0.717) is 5.25 Å². The highest BCUT2D eigenvalue weighted by Crippen LogP contribution is 2.43. The number of benzene rings is 2. The van der Waals surface area contributed by atoms with Gasteiger partial charge in [0.2, 0.25) is 0 Å². The van der Waals surface area contributed by atoms with E-state index in [9.17, 15) is 0 Å². The third-order valence-corrected chi connectivity index (χ3v) is 4.28. The highest BCUT2D eigenvalue weighted by atomic mass is 32.2. The van der Waals surface area contributed by atoms with Gasteiger partial charge in [0.15, 0.2) is 0 Å². The summed E-state index contributed by atoms with van der Waals surface area (Å²) in [5.74, 6) is 0. The SMILES string of the molecule is C1=CC(c2ccccc2)SC(c2ccccc2)=C1. The molecule has 0 spiro atoms. The fourth-order valence-electron chi connectivity index (χ4n) is 2.05. The molecule has 1 aliphatic rings. The molecule has 18 heavy (non-hydrogen) atoms. The van der Waals surface area contributed by atoms with Crippen molar-refractivity contribution >= 4 is 16.7 Å². The summed E-state index contributed by atoms with van der Waals surface area (Å²) in [4.78, 5) is 1.34. The van der Waals surface area contributed by atoms with Crippen LogP contribution >= 0.6 is 11.8 Å². The Bertz CT molecular complexity index is 567. The molecule has 2 aromatic rings. The van der Waals surface area contributed by atoms with Crippen LogP contribution in [0, 0.1) is 0 Å². The van der Waals surface area contributed by atoms with Gasteiger partial charge in [-0.3, -0.25) is 0 Å². The van der Waals surface area contributed by atoms with Crippen LogP contribution in [0.4, 0.5) is 0 Å². The summed E-state index contributed by atoms with van der Waals surface area (Å²) in [6.07, 6.45) is 6.61. The minimum atomic E-state index is 0.423. The Morgan fingerprint density at radius 3 is 2.17 bits per heavy atom. The second kappa shape index (κ2) is 5.28. The van der Waals surface area contributed by atoms with Gasteiger partial charge >= 0.3 is 0 Å². The molecular weight excluding hydrogens is 236 g/mol. The number of hydrogen-bond acceptors (Lipinski definition) is 1. The van der Waals surface area contributed by atoms with Gasteiger partial charge in [-0.2, -0.15) is 0 Å². The van der Waals surface area contributed by atoms with Gasteiger partial charge in [0, 0.05) is 4.91 Å². The number of hydrogen-bond donors (Lipinski definition) is 0. The first-order chi connectivity index (χ1) is 8.93. The van der Waals surface area contributed by atoms with Gasteiger partial charge in [0.1, 0.15) is 0 Å². The molecular formula is C17H14S. The lowest BCUT2D eigenvalue weighted by molar-refractivity contribution is 1.23. The lowest BCUT2D eigenvalue weighted by Crippen LogP contribution is -1.94. The maximum absolute atomic E-state index is 2.26. The molecule has 0 saturated heterocycles. The molecule has 0 saturated carbocycles. The van der Waals surface area contributed by atoms with Gasteiger partial charge in [-0.1, -0.05) is 72.8 Å². The van der Waals surface area contributed by atoms with Gasteiger partial charge < -0.3 is 0 Å². The van der Waals surface area contributed by atoms with Gasteiger partial charge in [-0.25, -0.2) is 0 Å². The lowest BCUT2D eigenvalue weighted by atomic mass is 10.1. The molecule has 0 aliphatic carbocycles. The van der Waals surface area contributed by atoms with Crippen LogP contribution in [0.1, 0.15) is 16.4 Å². The minimum Gasteiger partial charge on any atom is -0.113 e. The van der Waals surface area contributed by atoms with Gasteiger partial charge in [0.05, 0.1) is 5.25 Å². The normalized spacial score (nSPS) is 18.4.